The number of phenolic OH excluding ortho intramolecular Hbond substituents is 2. The van der Waals surface area contributed by atoms with Gasteiger partial charge >= 0.3 is 18.0 Å². The van der Waals surface area contributed by atoms with Crippen LogP contribution in [0.15, 0.2) is 100 Å². The number of aliphatic carboxylic acids is 1. The first-order chi connectivity index (χ1) is 39.1. The van der Waals surface area contributed by atoms with Crippen LogP contribution in [0.4, 0.5) is 4.79 Å². The molecule has 4 aliphatic rings. The van der Waals surface area contributed by atoms with Crippen LogP contribution in [-0.2, 0) is 39.0 Å². The number of amides is 3. The Hall–Kier alpha value is -7.96. The average Bonchev–Trinajstić information content (AvgIpc) is 4.35. The fourth-order valence-electron chi connectivity index (χ4n) is 10.1. The molecule has 3 amide bonds. The van der Waals surface area contributed by atoms with Crippen LogP contribution in [0.3, 0.4) is 0 Å². The van der Waals surface area contributed by atoms with Crippen LogP contribution in [0.1, 0.15) is 89.9 Å². The SMILES string of the molecule is CC1=C(C)C(=O)C(C(C)(C)CCN(C)CCN(CCOCCOCCC(=O)NCCNC(=O)c2ccc3c(c2)C(=O)OC32c3ccc(O)cc3Oc3cc(O)ccc32)C(=O)Oc2ccc3nc(C4=NC(C(=O)O)CS4)sc3c2)=C(C)C1=O. The first kappa shape index (κ1) is 58.7. The highest BCUT2D eigenvalue weighted by Crippen LogP contribution is 2.57. The molecule has 5 N–H and O–H groups in total. The summed E-state index contributed by atoms with van der Waals surface area (Å²) in [5.74, 6) is -1.76. The summed E-state index contributed by atoms with van der Waals surface area (Å²) in [6.45, 7) is 11.2. The van der Waals surface area contributed by atoms with Crippen molar-refractivity contribution in [1.29, 1.82) is 0 Å². The number of aromatic nitrogens is 1. The van der Waals surface area contributed by atoms with E-state index in [9.17, 15) is 48.9 Å². The van der Waals surface area contributed by atoms with E-state index in [0.717, 1.165) is 4.70 Å². The Morgan fingerprint density at radius 1 is 0.780 bits per heavy atom. The third-order valence-electron chi connectivity index (χ3n) is 14.8. The topological polar surface area (TPSA) is 282 Å². The largest absolute Gasteiger partial charge is 0.508 e. The van der Waals surface area contributed by atoms with Gasteiger partial charge in [-0.25, -0.2) is 19.4 Å². The molecule has 0 saturated carbocycles. The summed E-state index contributed by atoms with van der Waals surface area (Å²) in [5, 5.41) is 36.4. The second-order valence-electron chi connectivity index (χ2n) is 20.8. The van der Waals surface area contributed by atoms with E-state index >= 15 is 0 Å². The summed E-state index contributed by atoms with van der Waals surface area (Å²) < 4.78 is 30.2. The molecule has 1 aromatic heterocycles. The Morgan fingerprint density at radius 2 is 1.45 bits per heavy atom. The summed E-state index contributed by atoms with van der Waals surface area (Å²) in [7, 11) is 1.92. The highest BCUT2D eigenvalue weighted by Gasteiger charge is 2.54. The van der Waals surface area contributed by atoms with Gasteiger partial charge in [0.25, 0.3) is 5.91 Å². The molecular weight excluding hydrogens is 1100 g/mol. The van der Waals surface area contributed by atoms with Gasteiger partial charge in [-0.1, -0.05) is 19.9 Å². The molecule has 21 nitrogen and oxygen atoms in total. The number of esters is 1. The molecule has 1 spiro atoms. The van der Waals surface area contributed by atoms with E-state index in [2.05, 4.69) is 20.6 Å². The molecular formula is C59H62N6O15S2. The van der Waals surface area contributed by atoms with E-state index in [1.165, 1.54) is 58.3 Å². The number of hydrogen-bond acceptors (Lipinski definition) is 19. The Balaban J connectivity index is 0.723. The van der Waals surface area contributed by atoms with Gasteiger partial charge in [-0.15, -0.1) is 23.1 Å². The first-order valence-corrected chi connectivity index (χ1v) is 28.4. The molecule has 9 rings (SSSR count). The number of rotatable bonds is 23. The minimum atomic E-state index is -1.47. The number of nitrogens with one attached hydrogen (secondary N) is 2. The van der Waals surface area contributed by atoms with Gasteiger partial charge in [0, 0.05) is 108 Å². The molecule has 3 aliphatic heterocycles. The van der Waals surface area contributed by atoms with E-state index < -0.39 is 41.0 Å². The number of likely N-dealkylation sites (N-methyl/N-ethyl adjacent to an activating group) is 1. The number of carbonyl (C=O) groups excluding carboxylic acids is 6. The smallest absolute Gasteiger partial charge is 0.415 e. The fourth-order valence-corrected chi connectivity index (χ4v) is 12.2. The van der Waals surface area contributed by atoms with Crippen LogP contribution >= 0.6 is 23.1 Å². The number of carboxylic acids is 1. The van der Waals surface area contributed by atoms with Gasteiger partial charge in [-0.3, -0.25) is 24.2 Å². The Morgan fingerprint density at radius 3 is 2.15 bits per heavy atom. The van der Waals surface area contributed by atoms with Crippen LogP contribution in [0.25, 0.3) is 10.2 Å². The summed E-state index contributed by atoms with van der Waals surface area (Å²) >= 11 is 2.65. The van der Waals surface area contributed by atoms with E-state index in [4.69, 9.17) is 23.7 Å². The lowest BCUT2D eigenvalue weighted by Crippen LogP contribution is -2.42. The normalized spacial score (nSPS) is 16.2. The number of carboxylic acid groups (broad SMARTS) is 1. The van der Waals surface area contributed by atoms with Crippen molar-refractivity contribution in [3.05, 3.63) is 128 Å². The summed E-state index contributed by atoms with van der Waals surface area (Å²) in [6.07, 6.45) is -0.00177. The number of thioether (sulfide) groups is 1. The number of benzene rings is 4. The highest BCUT2D eigenvalue weighted by molar-refractivity contribution is 8.15. The van der Waals surface area contributed by atoms with Crippen molar-refractivity contribution >= 4 is 79.8 Å². The van der Waals surface area contributed by atoms with Crippen LogP contribution in [0.2, 0.25) is 0 Å². The lowest BCUT2D eigenvalue weighted by molar-refractivity contribution is -0.137. The number of nitrogens with zero attached hydrogens (tertiary/aromatic N) is 4. The van der Waals surface area contributed by atoms with Crippen molar-refractivity contribution in [3.63, 3.8) is 0 Å². The predicted molar refractivity (Wildman–Crippen MR) is 304 cm³/mol. The summed E-state index contributed by atoms with van der Waals surface area (Å²) in [4.78, 5) is 104. The zero-order chi connectivity index (χ0) is 58.6. The van der Waals surface area contributed by atoms with E-state index in [-0.39, 0.29) is 116 Å². The standard InChI is InChI=1S/C59H62N6O15S2/c1-32-33(2)51(70)49(34(3)50(32)69)58(4,5)16-19-64(6)20-21-65(57(75)78-38-10-14-43-47(30-38)82-54(62-43)53-63-44(31-81-53)55(72)73)22-24-77-26-25-76-23-15-48(68)60-17-18-61-52(71)35-7-11-40-39(27-35)56(74)80-59(40)41-12-8-36(66)28-45(41)79-46-29-37(67)9-13-42(46)59/h7-14,27-30,44,66-67H,15-26,31H2,1-6H3,(H,60,68)(H,61,71)(H,72,73). The molecule has 4 aromatic carbocycles. The van der Waals surface area contributed by atoms with Crippen LogP contribution in [-0.4, -0.2) is 161 Å². The number of aliphatic imine (C=N–C) groups is 1. The molecule has 4 heterocycles. The molecule has 1 aliphatic carbocycles. The predicted octanol–water partition coefficient (Wildman–Crippen LogP) is 7.15. The monoisotopic (exact) mass is 1160 g/mol. The minimum Gasteiger partial charge on any atom is -0.508 e. The van der Waals surface area contributed by atoms with Crippen LogP contribution < -0.4 is 20.1 Å². The number of hydrogen-bond donors (Lipinski definition) is 5. The molecule has 0 bridgehead atoms. The number of ether oxygens (including phenoxy) is 5. The Labute approximate surface area is 480 Å². The molecule has 430 valence electrons. The molecule has 0 saturated heterocycles. The maximum atomic E-state index is 13.8. The van der Waals surface area contributed by atoms with Gasteiger partial charge in [-0.05, 0) is 94.7 Å². The van der Waals surface area contributed by atoms with Gasteiger partial charge in [0.2, 0.25) is 5.91 Å². The van der Waals surface area contributed by atoms with E-state index in [1.807, 2.05) is 25.8 Å². The third-order valence-corrected chi connectivity index (χ3v) is 17.0. The minimum absolute atomic E-state index is 0.0407. The van der Waals surface area contributed by atoms with Gasteiger partial charge in [-0.2, -0.15) is 0 Å². The third kappa shape index (κ3) is 12.4. The maximum absolute atomic E-state index is 13.8. The number of fused-ring (bicyclic) bond motifs is 7. The lowest BCUT2D eigenvalue weighted by atomic mass is 9.71. The van der Waals surface area contributed by atoms with Crippen molar-refractivity contribution < 1.29 is 72.6 Å². The van der Waals surface area contributed by atoms with E-state index in [1.54, 1.807) is 63.2 Å². The van der Waals surface area contributed by atoms with Crippen LogP contribution in [0.5, 0.6) is 28.7 Å². The molecule has 0 fully saturated rings. The molecule has 23 heteroatoms. The zero-order valence-corrected chi connectivity index (χ0v) is 47.7. The summed E-state index contributed by atoms with van der Waals surface area (Å²) in [5.41, 5.74) is 2.22. The van der Waals surface area contributed by atoms with Crippen molar-refractivity contribution in [2.75, 3.05) is 78.5 Å². The second kappa shape index (κ2) is 24.6. The van der Waals surface area contributed by atoms with Crippen LogP contribution in [0, 0.1) is 5.41 Å². The number of aromatic hydroxyl groups is 2. The van der Waals surface area contributed by atoms with Gasteiger partial charge in [0.1, 0.15) is 38.8 Å². The molecule has 0 radical (unpaired) electrons. The zero-order valence-electron chi connectivity index (χ0n) is 46.0. The van der Waals surface area contributed by atoms with Gasteiger partial charge in [0.05, 0.1) is 42.2 Å². The lowest BCUT2D eigenvalue weighted by Gasteiger charge is -2.36. The number of Topliss-reactive ketones (excluding diaryl/α,β-unsaturated/α-hetero) is 2. The highest BCUT2D eigenvalue weighted by atomic mass is 32.2. The van der Waals surface area contributed by atoms with Crippen molar-refractivity contribution in [3.8, 4) is 28.7 Å². The van der Waals surface area contributed by atoms with Gasteiger partial charge < -0.3 is 59.4 Å². The van der Waals surface area contributed by atoms with Gasteiger partial charge in [0.15, 0.2) is 23.2 Å². The molecule has 1 unspecified atom stereocenters. The summed E-state index contributed by atoms with van der Waals surface area (Å²) in [6, 6.07) is 17.7. The molecule has 82 heavy (non-hydrogen) atoms. The van der Waals surface area contributed by atoms with Crippen molar-refractivity contribution in [1.82, 2.24) is 25.4 Å². The molecule has 5 aromatic rings. The maximum Gasteiger partial charge on any atom is 0.415 e. The van der Waals surface area contributed by atoms with Crippen molar-refractivity contribution in [2.24, 2.45) is 10.4 Å². The number of allylic oxidation sites excluding steroid dienone is 4. The number of carbonyl (C=O) groups is 7. The Bertz CT molecular complexity index is 3460. The fraction of sp³-hybridized carbons (Fsp3) is 0.373. The first-order valence-electron chi connectivity index (χ1n) is 26.6. The number of thiazole rings is 1. The molecule has 1 atom stereocenters. The second-order valence-corrected chi connectivity index (χ2v) is 22.9. The average molecular weight is 1160 g/mol. The Kier molecular flexibility index (Phi) is 17.6. The van der Waals surface area contributed by atoms with E-state index in [0.29, 0.717) is 79.8 Å². The number of phenols is 2. The van der Waals surface area contributed by atoms with Crippen molar-refractivity contribution in [2.45, 2.75) is 59.1 Å². The number of ketones is 2. The quantitative estimate of drug-likeness (QED) is 0.0247.